The molecule has 1 aromatic rings. The number of hydrogen-bond acceptors (Lipinski definition) is 5. The molecule has 0 spiro atoms. The maximum atomic E-state index is 13.2. The van der Waals surface area contributed by atoms with E-state index in [0.29, 0.717) is 10.1 Å². The van der Waals surface area contributed by atoms with Crippen molar-refractivity contribution < 1.29 is 14.3 Å². The van der Waals surface area contributed by atoms with Gasteiger partial charge in [0.15, 0.2) is 5.17 Å². The van der Waals surface area contributed by atoms with Crippen LogP contribution in [0.4, 0.5) is 4.39 Å². The average molecular weight is 321 g/mol. The predicted molar refractivity (Wildman–Crippen MR) is 85.1 cm³/mol. The van der Waals surface area contributed by atoms with Gasteiger partial charge < -0.3 is 14.9 Å². The molecule has 1 aromatic carbocycles. The summed E-state index contributed by atoms with van der Waals surface area (Å²) >= 11 is 1.27. The Bertz CT molecular complexity index is 667. The summed E-state index contributed by atoms with van der Waals surface area (Å²) in [6.45, 7) is 3.51. The first-order valence-electron chi connectivity index (χ1n) is 6.97. The number of halogens is 1. The van der Waals surface area contributed by atoms with E-state index in [2.05, 4.69) is 21.8 Å². The van der Waals surface area contributed by atoms with Crippen LogP contribution < -0.4 is 0 Å². The number of phenols is 1. The van der Waals surface area contributed by atoms with Gasteiger partial charge in [-0.1, -0.05) is 0 Å². The maximum Gasteiger partial charge on any atom is 0.286 e. The van der Waals surface area contributed by atoms with Crippen molar-refractivity contribution in [1.82, 2.24) is 9.80 Å². The number of aliphatic imine (C=N–C) groups is 1. The highest BCUT2D eigenvalue weighted by atomic mass is 32.2. The number of likely N-dealkylation sites (N-methyl/N-ethyl adjacent to an activating group) is 1. The minimum Gasteiger partial charge on any atom is -0.507 e. The standard InChI is InChI=1S/C15H16FN3O2S/c1-18-4-6-19(7-5-18)15-17-14(21)13(22-15)9-10-8-11(16)2-3-12(10)20/h2-3,8-9,20H,4-7H2,1H3/b13-9-. The molecule has 0 bridgehead atoms. The molecule has 1 N–H and O–H groups in total. The zero-order chi connectivity index (χ0) is 15.7. The van der Waals surface area contributed by atoms with Crippen LogP contribution in [0.2, 0.25) is 0 Å². The van der Waals surface area contributed by atoms with Gasteiger partial charge >= 0.3 is 0 Å². The van der Waals surface area contributed by atoms with Crippen LogP contribution in [-0.4, -0.2) is 59.2 Å². The fourth-order valence-electron chi connectivity index (χ4n) is 2.31. The number of aromatic hydroxyl groups is 1. The summed E-state index contributed by atoms with van der Waals surface area (Å²) in [7, 11) is 2.06. The van der Waals surface area contributed by atoms with Crippen LogP contribution in [-0.2, 0) is 4.79 Å². The minimum absolute atomic E-state index is 0.0599. The topological polar surface area (TPSA) is 56.1 Å². The predicted octanol–water partition coefficient (Wildman–Crippen LogP) is 1.75. The Balaban J connectivity index is 1.77. The Kier molecular flexibility index (Phi) is 4.17. The van der Waals surface area contributed by atoms with E-state index in [1.165, 1.54) is 36.0 Å². The number of nitrogens with zero attached hydrogens (tertiary/aromatic N) is 3. The molecule has 2 aliphatic heterocycles. The fourth-order valence-corrected chi connectivity index (χ4v) is 3.27. The summed E-state index contributed by atoms with van der Waals surface area (Å²) in [5.74, 6) is -0.863. The lowest BCUT2D eigenvalue weighted by Gasteiger charge is -2.32. The van der Waals surface area contributed by atoms with Crippen molar-refractivity contribution in [1.29, 1.82) is 0 Å². The molecule has 1 fully saturated rings. The summed E-state index contributed by atoms with van der Waals surface area (Å²) < 4.78 is 13.2. The fraction of sp³-hybridized carbons (Fsp3) is 0.333. The lowest BCUT2D eigenvalue weighted by Crippen LogP contribution is -2.46. The summed E-state index contributed by atoms with van der Waals surface area (Å²) in [6.07, 6.45) is 1.48. The third-order valence-corrected chi connectivity index (χ3v) is 4.70. The van der Waals surface area contributed by atoms with E-state index in [1.807, 2.05) is 0 Å². The second-order valence-electron chi connectivity index (χ2n) is 5.30. The molecular weight excluding hydrogens is 305 g/mol. The molecule has 0 unspecified atom stereocenters. The number of phenolic OH excluding ortho intramolecular Hbond substituents is 1. The van der Waals surface area contributed by atoms with Gasteiger partial charge in [-0.05, 0) is 43.1 Å². The highest BCUT2D eigenvalue weighted by Gasteiger charge is 2.28. The number of benzene rings is 1. The molecule has 22 heavy (non-hydrogen) atoms. The Labute approximate surface area is 132 Å². The SMILES string of the molecule is CN1CCN(C2=NC(=O)/C(=C/c3cc(F)ccc3O)S2)CC1. The number of carbonyl (C=O) groups is 1. The number of amidine groups is 1. The summed E-state index contributed by atoms with van der Waals surface area (Å²) in [6, 6.07) is 3.64. The molecule has 1 saturated heterocycles. The zero-order valence-electron chi connectivity index (χ0n) is 12.1. The monoisotopic (exact) mass is 321 g/mol. The molecule has 0 atom stereocenters. The van der Waals surface area contributed by atoms with Crippen LogP contribution in [0.15, 0.2) is 28.1 Å². The first-order valence-corrected chi connectivity index (χ1v) is 7.79. The van der Waals surface area contributed by atoms with E-state index >= 15 is 0 Å². The van der Waals surface area contributed by atoms with E-state index < -0.39 is 5.82 Å². The third-order valence-electron chi connectivity index (χ3n) is 3.66. The molecule has 3 rings (SSSR count). The molecule has 2 heterocycles. The van der Waals surface area contributed by atoms with Crippen molar-refractivity contribution in [2.45, 2.75) is 0 Å². The highest BCUT2D eigenvalue weighted by Crippen LogP contribution is 2.32. The maximum absolute atomic E-state index is 13.2. The van der Waals surface area contributed by atoms with E-state index in [-0.39, 0.29) is 17.2 Å². The van der Waals surface area contributed by atoms with E-state index in [4.69, 9.17) is 0 Å². The van der Waals surface area contributed by atoms with Gasteiger partial charge in [0, 0.05) is 31.7 Å². The molecule has 116 valence electrons. The van der Waals surface area contributed by atoms with Gasteiger partial charge in [-0.2, -0.15) is 4.99 Å². The average Bonchev–Trinajstić information content (AvgIpc) is 2.85. The van der Waals surface area contributed by atoms with Crippen molar-refractivity contribution in [3.63, 3.8) is 0 Å². The van der Waals surface area contributed by atoms with Crippen LogP contribution in [0, 0.1) is 5.82 Å². The summed E-state index contributed by atoms with van der Waals surface area (Å²) in [5, 5.41) is 10.4. The van der Waals surface area contributed by atoms with E-state index in [1.54, 1.807) is 0 Å². The van der Waals surface area contributed by atoms with Gasteiger partial charge in [0.05, 0.1) is 4.91 Å². The second kappa shape index (κ2) is 6.10. The summed E-state index contributed by atoms with van der Waals surface area (Å²) in [4.78, 5) is 20.8. The first-order chi connectivity index (χ1) is 10.5. The summed E-state index contributed by atoms with van der Waals surface area (Å²) in [5.41, 5.74) is 0.283. The minimum atomic E-state index is -0.458. The van der Waals surface area contributed by atoms with Crippen LogP contribution in [0.3, 0.4) is 0 Å². The van der Waals surface area contributed by atoms with Crippen LogP contribution in [0.1, 0.15) is 5.56 Å². The van der Waals surface area contributed by atoms with Crippen molar-refractivity contribution in [3.8, 4) is 5.75 Å². The van der Waals surface area contributed by atoms with Gasteiger partial charge in [-0.15, -0.1) is 0 Å². The second-order valence-corrected chi connectivity index (χ2v) is 6.31. The lowest BCUT2D eigenvalue weighted by molar-refractivity contribution is -0.113. The zero-order valence-corrected chi connectivity index (χ0v) is 12.9. The number of piperazine rings is 1. The van der Waals surface area contributed by atoms with Gasteiger partial charge in [0.25, 0.3) is 5.91 Å². The van der Waals surface area contributed by atoms with Crippen LogP contribution in [0.5, 0.6) is 5.75 Å². The Morgan fingerprint density at radius 1 is 1.32 bits per heavy atom. The van der Waals surface area contributed by atoms with Gasteiger partial charge in [0.2, 0.25) is 0 Å². The van der Waals surface area contributed by atoms with E-state index in [0.717, 1.165) is 26.2 Å². The van der Waals surface area contributed by atoms with Crippen molar-refractivity contribution >= 4 is 28.9 Å². The number of thioether (sulfide) groups is 1. The number of hydrogen-bond donors (Lipinski definition) is 1. The van der Waals surface area contributed by atoms with Gasteiger partial charge in [-0.3, -0.25) is 4.79 Å². The Morgan fingerprint density at radius 2 is 2.05 bits per heavy atom. The third kappa shape index (κ3) is 3.15. The van der Waals surface area contributed by atoms with Crippen molar-refractivity contribution in [3.05, 3.63) is 34.5 Å². The smallest absolute Gasteiger partial charge is 0.286 e. The normalized spacial score (nSPS) is 21.5. The number of carbonyl (C=O) groups excluding carboxylic acids is 1. The quantitative estimate of drug-likeness (QED) is 0.799. The highest BCUT2D eigenvalue weighted by molar-refractivity contribution is 8.18. The number of rotatable bonds is 1. The Morgan fingerprint density at radius 3 is 2.77 bits per heavy atom. The largest absolute Gasteiger partial charge is 0.507 e. The van der Waals surface area contributed by atoms with Crippen LogP contribution in [0.25, 0.3) is 6.08 Å². The first kappa shape index (κ1) is 15.1. The van der Waals surface area contributed by atoms with Crippen molar-refractivity contribution in [2.24, 2.45) is 4.99 Å². The molecule has 0 aromatic heterocycles. The molecule has 0 radical (unpaired) electrons. The molecule has 0 aliphatic carbocycles. The molecule has 1 amide bonds. The van der Waals surface area contributed by atoms with E-state index in [9.17, 15) is 14.3 Å². The Hall–Kier alpha value is -1.86. The molecule has 2 aliphatic rings. The molecule has 0 saturated carbocycles. The molecule has 7 heteroatoms. The number of amides is 1. The van der Waals surface area contributed by atoms with Crippen molar-refractivity contribution in [2.75, 3.05) is 33.2 Å². The van der Waals surface area contributed by atoms with Gasteiger partial charge in [-0.25, -0.2) is 4.39 Å². The molecule has 5 nitrogen and oxygen atoms in total. The molecular formula is C15H16FN3O2S. The lowest BCUT2D eigenvalue weighted by atomic mass is 10.2. The van der Waals surface area contributed by atoms with Gasteiger partial charge in [0.1, 0.15) is 11.6 Å². The van der Waals surface area contributed by atoms with Crippen LogP contribution >= 0.6 is 11.8 Å².